The largest absolute Gasteiger partial charge is 0.383 e. The monoisotopic (exact) mass is 212 g/mol. The molecule has 15 heavy (non-hydrogen) atoms. The van der Waals surface area contributed by atoms with Gasteiger partial charge in [-0.2, -0.15) is 0 Å². The summed E-state index contributed by atoms with van der Waals surface area (Å²) in [7, 11) is 3.90. The number of nitrogens with zero attached hydrogens (tertiary/aromatic N) is 1. The summed E-state index contributed by atoms with van der Waals surface area (Å²) in [6.45, 7) is 2.01. The van der Waals surface area contributed by atoms with Crippen LogP contribution in [-0.2, 0) is 4.74 Å². The summed E-state index contributed by atoms with van der Waals surface area (Å²) in [5.74, 6) is 0. The van der Waals surface area contributed by atoms with Crippen molar-refractivity contribution in [3.05, 3.63) is 0 Å². The molecule has 2 rings (SSSR count). The van der Waals surface area contributed by atoms with E-state index in [0.717, 1.165) is 31.3 Å². The summed E-state index contributed by atoms with van der Waals surface area (Å²) >= 11 is 0. The predicted molar refractivity (Wildman–Crippen MR) is 62.1 cm³/mol. The van der Waals surface area contributed by atoms with Crippen LogP contribution in [0.4, 0.5) is 0 Å². The fourth-order valence-corrected chi connectivity index (χ4v) is 3.28. The number of methoxy groups -OCH3 is 1. The van der Waals surface area contributed by atoms with Crippen LogP contribution in [0.1, 0.15) is 32.1 Å². The summed E-state index contributed by atoms with van der Waals surface area (Å²) in [6.07, 6.45) is 6.86. The van der Waals surface area contributed by atoms with Crippen LogP contribution < -0.4 is 5.32 Å². The SMILES string of the molecule is CNC1CC2CCCC(C1)N2CCOC. The molecule has 2 aliphatic rings. The van der Waals surface area contributed by atoms with Gasteiger partial charge in [0.1, 0.15) is 0 Å². The number of nitrogens with one attached hydrogen (secondary N) is 1. The average Bonchev–Trinajstić information content (AvgIpc) is 2.25. The lowest BCUT2D eigenvalue weighted by Crippen LogP contribution is -2.56. The van der Waals surface area contributed by atoms with Crippen molar-refractivity contribution in [2.75, 3.05) is 27.3 Å². The first-order valence-corrected chi connectivity index (χ1v) is 6.27. The number of rotatable bonds is 4. The number of fused-ring (bicyclic) bond motifs is 2. The van der Waals surface area contributed by atoms with Crippen molar-refractivity contribution in [1.82, 2.24) is 10.2 Å². The van der Waals surface area contributed by atoms with Crippen molar-refractivity contribution in [2.24, 2.45) is 0 Å². The van der Waals surface area contributed by atoms with Crippen molar-refractivity contribution in [3.63, 3.8) is 0 Å². The summed E-state index contributed by atoms with van der Waals surface area (Å²) < 4.78 is 5.21. The second kappa shape index (κ2) is 5.28. The van der Waals surface area contributed by atoms with Crippen LogP contribution in [0.25, 0.3) is 0 Å². The van der Waals surface area contributed by atoms with Crippen LogP contribution in [0.2, 0.25) is 0 Å². The first-order valence-electron chi connectivity index (χ1n) is 6.27. The molecular formula is C12H24N2O. The van der Waals surface area contributed by atoms with E-state index in [4.69, 9.17) is 4.74 Å². The number of hydrogen-bond acceptors (Lipinski definition) is 3. The molecule has 2 unspecified atom stereocenters. The zero-order chi connectivity index (χ0) is 10.7. The van der Waals surface area contributed by atoms with E-state index in [9.17, 15) is 0 Å². The van der Waals surface area contributed by atoms with E-state index in [2.05, 4.69) is 17.3 Å². The lowest BCUT2D eigenvalue weighted by Gasteiger charge is -2.48. The minimum absolute atomic E-state index is 0.749. The van der Waals surface area contributed by atoms with Gasteiger partial charge < -0.3 is 10.1 Å². The van der Waals surface area contributed by atoms with Crippen LogP contribution in [-0.4, -0.2) is 50.3 Å². The molecule has 2 saturated heterocycles. The van der Waals surface area contributed by atoms with Gasteiger partial charge in [0.2, 0.25) is 0 Å². The van der Waals surface area contributed by atoms with Gasteiger partial charge in [-0.15, -0.1) is 0 Å². The predicted octanol–water partition coefficient (Wildman–Crippen LogP) is 1.24. The van der Waals surface area contributed by atoms with Gasteiger partial charge in [-0.25, -0.2) is 0 Å². The fourth-order valence-electron chi connectivity index (χ4n) is 3.28. The average molecular weight is 212 g/mol. The Morgan fingerprint density at radius 3 is 2.47 bits per heavy atom. The Morgan fingerprint density at radius 2 is 1.93 bits per heavy atom. The zero-order valence-electron chi connectivity index (χ0n) is 10.0. The fraction of sp³-hybridized carbons (Fsp3) is 1.00. The zero-order valence-corrected chi connectivity index (χ0v) is 10.0. The molecule has 2 atom stereocenters. The van der Waals surface area contributed by atoms with Crippen molar-refractivity contribution in [3.8, 4) is 0 Å². The smallest absolute Gasteiger partial charge is 0.0589 e. The Labute approximate surface area is 93.2 Å². The molecule has 2 fully saturated rings. The van der Waals surface area contributed by atoms with Gasteiger partial charge in [-0.1, -0.05) is 6.42 Å². The Kier molecular flexibility index (Phi) is 4.00. The van der Waals surface area contributed by atoms with E-state index in [-0.39, 0.29) is 0 Å². The highest BCUT2D eigenvalue weighted by Gasteiger charge is 2.37. The third-order valence-electron chi connectivity index (χ3n) is 4.09. The van der Waals surface area contributed by atoms with Crippen LogP contribution >= 0.6 is 0 Å². The number of ether oxygens (including phenoxy) is 1. The Bertz CT molecular complexity index is 184. The van der Waals surface area contributed by atoms with Gasteiger partial charge in [0, 0.05) is 31.8 Å². The quantitative estimate of drug-likeness (QED) is 0.759. The summed E-state index contributed by atoms with van der Waals surface area (Å²) in [4.78, 5) is 2.70. The summed E-state index contributed by atoms with van der Waals surface area (Å²) in [6, 6.07) is 2.37. The maximum absolute atomic E-state index is 5.21. The first kappa shape index (κ1) is 11.4. The third-order valence-corrected chi connectivity index (χ3v) is 4.09. The molecule has 0 spiro atoms. The molecule has 2 bridgehead atoms. The lowest BCUT2D eigenvalue weighted by atomic mass is 9.82. The van der Waals surface area contributed by atoms with Gasteiger partial charge in [0.05, 0.1) is 6.61 Å². The molecule has 0 aromatic heterocycles. The van der Waals surface area contributed by atoms with E-state index in [1.807, 2.05) is 0 Å². The van der Waals surface area contributed by atoms with E-state index < -0.39 is 0 Å². The highest BCUT2D eigenvalue weighted by Crippen LogP contribution is 2.33. The second-order valence-electron chi connectivity index (χ2n) is 4.93. The molecule has 0 aromatic carbocycles. The molecule has 0 radical (unpaired) electrons. The van der Waals surface area contributed by atoms with Crippen LogP contribution in [0.5, 0.6) is 0 Å². The number of piperidine rings is 2. The molecule has 0 saturated carbocycles. The number of hydrogen-bond donors (Lipinski definition) is 1. The van der Waals surface area contributed by atoms with Crippen LogP contribution in [0, 0.1) is 0 Å². The van der Waals surface area contributed by atoms with Crippen molar-refractivity contribution in [2.45, 2.75) is 50.2 Å². The van der Waals surface area contributed by atoms with Crippen LogP contribution in [0.15, 0.2) is 0 Å². The maximum Gasteiger partial charge on any atom is 0.0589 e. The minimum Gasteiger partial charge on any atom is -0.383 e. The molecule has 2 aliphatic heterocycles. The standard InChI is InChI=1S/C12H24N2O/c1-13-10-8-11-4-3-5-12(9-10)14(11)6-7-15-2/h10-13H,3-9H2,1-2H3. The van der Waals surface area contributed by atoms with E-state index in [1.165, 1.54) is 32.1 Å². The van der Waals surface area contributed by atoms with Gasteiger partial charge in [0.25, 0.3) is 0 Å². The topological polar surface area (TPSA) is 24.5 Å². The van der Waals surface area contributed by atoms with Gasteiger partial charge in [-0.3, -0.25) is 4.90 Å². The van der Waals surface area contributed by atoms with Gasteiger partial charge in [0.15, 0.2) is 0 Å². The van der Waals surface area contributed by atoms with E-state index >= 15 is 0 Å². The summed E-state index contributed by atoms with van der Waals surface area (Å²) in [5, 5.41) is 3.45. The second-order valence-corrected chi connectivity index (χ2v) is 4.93. The Hall–Kier alpha value is -0.120. The van der Waals surface area contributed by atoms with Gasteiger partial charge in [-0.05, 0) is 32.7 Å². The molecule has 0 aromatic rings. The van der Waals surface area contributed by atoms with E-state index in [1.54, 1.807) is 7.11 Å². The van der Waals surface area contributed by atoms with Gasteiger partial charge >= 0.3 is 0 Å². The Morgan fingerprint density at radius 1 is 1.27 bits per heavy atom. The molecule has 3 nitrogen and oxygen atoms in total. The molecule has 0 amide bonds. The summed E-state index contributed by atoms with van der Waals surface area (Å²) in [5.41, 5.74) is 0. The third kappa shape index (κ3) is 2.52. The van der Waals surface area contributed by atoms with Crippen molar-refractivity contribution < 1.29 is 4.74 Å². The van der Waals surface area contributed by atoms with Crippen molar-refractivity contribution in [1.29, 1.82) is 0 Å². The molecule has 88 valence electrons. The Balaban J connectivity index is 1.94. The molecule has 3 heteroatoms. The van der Waals surface area contributed by atoms with Crippen LogP contribution in [0.3, 0.4) is 0 Å². The maximum atomic E-state index is 5.21. The molecular weight excluding hydrogens is 188 g/mol. The minimum atomic E-state index is 0.749. The van der Waals surface area contributed by atoms with E-state index in [0.29, 0.717) is 0 Å². The highest BCUT2D eigenvalue weighted by atomic mass is 16.5. The lowest BCUT2D eigenvalue weighted by molar-refractivity contribution is 0.00776. The first-order chi connectivity index (χ1) is 7.35. The molecule has 0 aliphatic carbocycles. The molecule has 1 N–H and O–H groups in total. The highest BCUT2D eigenvalue weighted by molar-refractivity contribution is 4.94. The normalized spacial score (nSPS) is 36.8. The molecule has 2 heterocycles. The van der Waals surface area contributed by atoms with Crippen molar-refractivity contribution >= 4 is 0 Å².